The third-order valence-corrected chi connectivity index (χ3v) is 3.90. The van der Waals surface area contributed by atoms with Crippen molar-refractivity contribution in [3.05, 3.63) is 34.4 Å². The first kappa shape index (κ1) is 17.4. The first-order valence-electron chi connectivity index (χ1n) is 6.74. The largest absolute Gasteiger partial charge is 0.326 e. The molecule has 2 atom stereocenters. The fraction of sp³-hybridized carbons (Fsp3) is 0.500. The van der Waals surface area contributed by atoms with Crippen LogP contribution in [0.15, 0.2) is 24.3 Å². The van der Waals surface area contributed by atoms with Crippen LogP contribution in [0.25, 0.3) is 0 Å². The molecule has 0 saturated heterocycles. The summed E-state index contributed by atoms with van der Waals surface area (Å²) >= 11 is 0. The molecule has 0 aromatic heterocycles. The molecule has 1 fully saturated rings. The highest BCUT2D eigenvalue weighted by molar-refractivity contribution is 5.93. The van der Waals surface area contributed by atoms with E-state index in [0.717, 1.165) is 25.7 Å². The lowest BCUT2D eigenvalue weighted by molar-refractivity contribution is -0.384. The Morgan fingerprint density at radius 3 is 2.81 bits per heavy atom. The summed E-state index contributed by atoms with van der Waals surface area (Å²) in [5.74, 6) is -0.411. The van der Waals surface area contributed by atoms with Gasteiger partial charge in [-0.3, -0.25) is 14.9 Å². The first-order valence-corrected chi connectivity index (χ1v) is 6.74. The lowest BCUT2D eigenvalue weighted by atomic mass is 9.74. The second kappa shape index (κ2) is 6.87. The lowest BCUT2D eigenvalue weighted by Crippen LogP contribution is -2.51. The van der Waals surface area contributed by atoms with Crippen molar-refractivity contribution in [1.29, 1.82) is 0 Å². The monoisotopic (exact) mass is 313 g/mol. The number of hydrogen-bond acceptors (Lipinski definition) is 4. The third kappa shape index (κ3) is 4.15. The van der Waals surface area contributed by atoms with Gasteiger partial charge in [0.05, 0.1) is 10.8 Å². The molecule has 2 rings (SSSR count). The summed E-state index contributed by atoms with van der Waals surface area (Å²) in [5.41, 5.74) is 6.07. The number of non-ortho nitro benzene ring substituents is 1. The average Bonchev–Trinajstić information content (AvgIpc) is 2.38. The van der Waals surface area contributed by atoms with Gasteiger partial charge in [0.25, 0.3) is 5.69 Å². The number of carbonyl (C=O) groups excluding carboxylic acids is 1. The smallest absolute Gasteiger partial charge is 0.271 e. The van der Waals surface area contributed by atoms with Gasteiger partial charge in [0.1, 0.15) is 0 Å². The molecule has 0 heterocycles. The molecule has 1 aromatic carbocycles. The number of halogens is 1. The minimum absolute atomic E-state index is 0. The molecule has 1 aliphatic carbocycles. The van der Waals surface area contributed by atoms with Gasteiger partial charge in [0, 0.05) is 23.4 Å². The highest BCUT2D eigenvalue weighted by Crippen LogP contribution is 2.32. The number of nitrogens with two attached hydrogens (primary N) is 1. The van der Waals surface area contributed by atoms with Crippen LogP contribution in [0.1, 0.15) is 32.6 Å². The standard InChI is InChI=1S/C14H19N3O3.ClH/c1-14(15)8-3-2-7-12(14)13(18)16-10-5-4-6-11(9-10)17(19)20;/h4-6,9,12H,2-3,7-8,15H2,1H3,(H,16,18);1H. The van der Waals surface area contributed by atoms with Gasteiger partial charge in [0.2, 0.25) is 5.91 Å². The number of carbonyl (C=O) groups is 1. The zero-order valence-corrected chi connectivity index (χ0v) is 12.7. The van der Waals surface area contributed by atoms with E-state index in [9.17, 15) is 14.9 Å². The Hall–Kier alpha value is -1.66. The molecule has 1 aliphatic rings. The zero-order valence-electron chi connectivity index (χ0n) is 11.9. The topological polar surface area (TPSA) is 98.3 Å². The fourth-order valence-electron chi connectivity index (χ4n) is 2.72. The van der Waals surface area contributed by atoms with E-state index in [0.29, 0.717) is 5.69 Å². The summed E-state index contributed by atoms with van der Waals surface area (Å²) in [4.78, 5) is 22.5. The van der Waals surface area contributed by atoms with Crippen LogP contribution in [0.3, 0.4) is 0 Å². The van der Waals surface area contributed by atoms with Crippen molar-refractivity contribution in [3.8, 4) is 0 Å². The van der Waals surface area contributed by atoms with Gasteiger partial charge in [-0.25, -0.2) is 0 Å². The van der Waals surface area contributed by atoms with Gasteiger partial charge in [0.15, 0.2) is 0 Å². The van der Waals surface area contributed by atoms with Gasteiger partial charge >= 0.3 is 0 Å². The van der Waals surface area contributed by atoms with Crippen LogP contribution in [0.4, 0.5) is 11.4 Å². The van der Waals surface area contributed by atoms with Gasteiger partial charge in [-0.1, -0.05) is 18.9 Å². The first-order chi connectivity index (χ1) is 9.40. The second-order valence-electron chi connectivity index (χ2n) is 5.60. The molecule has 3 N–H and O–H groups in total. The maximum Gasteiger partial charge on any atom is 0.271 e. The molecular formula is C14H20ClN3O3. The molecule has 1 saturated carbocycles. The van der Waals surface area contributed by atoms with Crippen LogP contribution in [0, 0.1) is 16.0 Å². The van der Waals surface area contributed by atoms with E-state index in [1.165, 1.54) is 12.1 Å². The Balaban J connectivity index is 0.00000220. The highest BCUT2D eigenvalue weighted by Gasteiger charge is 2.37. The summed E-state index contributed by atoms with van der Waals surface area (Å²) in [6.07, 6.45) is 3.60. The van der Waals surface area contributed by atoms with Crippen LogP contribution in [-0.2, 0) is 4.79 Å². The SMILES string of the molecule is CC1(N)CCCCC1C(=O)Nc1cccc([N+](=O)[O-])c1.Cl. The zero-order chi connectivity index (χ0) is 14.8. The molecule has 0 radical (unpaired) electrons. The number of benzene rings is 1. The molecule has 21 heavy (non-hydrogen) atoms. The molecule has 1 amide bonds. The van der Waals surface area contributed by atoms with E-state index in [4.69, 9.17) is 5.73 Å². The predicted molar refractivity (Wildman–Crippen MR) is 83.5 cm³/mol. The van der Waals surface area contributed by atoms with E-state index in [2.05, 4.69) is 5.32 Å². The quantitative estimate of drug-likeness (QED) is 0.662. The van der Waals surface area contributed by atoms with Gasteiger partial charge in [-0.05, 0) is 25.8 Å². The normalized spacial score (nSPS) is 24.8. The Kier molecular flexibility index (Phi) is 5.69. The molecule has 0 spiro atoms. The van der Waals surface area contributed by atoms with E-state index in [1.54, 1.807) is 12.1 Å². The maximum absolute atomic E-state index is 12.3. The molecule has 6 nitrogen and oxygen atoms in total. The number of nitro benzene ring substituents is 1. The Labute approximate surface area is 129 Å². The number of hydrogen-bond donors (Lipinski definition) is 2. The van der Waals surface area contributed by atoms with Crippen LogP contribution in [0.5, 0.6) is 0 Å². The molecule has 0 aliphatic heterocycles. The average molecular weight is 314 g/mol. The summed E-state index contributed by atoms with van der Waals surface area (Å²) in [7, 11) is 0. The van der Waals surface area contributed by atoms with E-state index in [-0.39, 0.29) is 29.9 Å². The Morgan fingerprint density at radius 1 is 1.48 bits per heavy atom. The van der Waals surface area contributed by atoms with Crippen LogP contribution >= 0.6 is 12.4 Å². The number of anilines is 1. The highest BCUT2D eigenvalue weighted by atomic mass is 35.5. The summed E-state index contributed by atoms with van der Waals surface area (Å²) in [5, 5.41) is 13.5. The summed E-state index contributed by atoms with van der Waals surface area (Å²) in [6, 6.07) is 5.94. The number of rotatable bonds is 3. The van der Waals surface area contributed by atoms with Crippen LogP contribution in [-0.4, -0.2) is 16.4 Å². The molecule has 7 heteroatoms. The minimum Gasteiger partial charge on any atom is -0.326 e. The third-order valence-electron chi connectivity index (χ3n) is 3.90. The maximum atomic E-state index is 12.3. The van der Waals surface area contributed by atoms with Crippen molar-refractivity contribution in [2.24, 2.45) is 11.7 Å². The number of nitrogens with zero attached hydrogens (tertiary/aromatic N) is 1. The van der Waals surface area contributed by atoms with E-state index < -0.39 is 10.5 Å². The van der Waals surface area contributed by atoms with Crippen LogP contribution in [0.2, 0.25) is 0 Å². The van der Waals surface area contributed by atoms with Gasteiger partial charge < -0.3 is 11.1 Å². The van der Waals surface area contributed by atoms with E-state index >= 15 is 0 Å². The van der Waals surface area contributed by atoms with Crippen molar-refractivity contribution in [2.75, 3.05) is 5.32 Å². The van der Waals surface area contributed by atoms with Crippen LogP contribution < -0.4 is 11.1 Å². The molecular weight excluding hydrogens is 294 g/mol. The van der Waals surface area contributed by atoms with Crippen molar-refractivity contribution in [3.63, 3.8) is 0 Å². The predicted octanol–water partition coefficient (Wildman–Crippen LogP) is 2.86. The summed E-state index contributed by atoms with van der Waals surface area (Å²) in [6.45, 7) is 1.89. The molecule has 1 aromatic rings. The van der Waals surface area contributed by atoms with E-state index in [1.807, 2.05) is 6.92 Å². The number of nitrogens with one attached hydrogen (secondary N) is 1. The minimum atomic E-state index is -0.511. The summed E-state index contributed by atoms with van der Waals surface area (Å²) < 4.78 is 0. The van der Waals surface area contributed by atoms with Gasteiger partial charge in [-0.15, -0.1) is 12.4 Å². The fourth-order valence-corrected chi connectivity index (χ4v) is 2.72. The number of amides is 1. The second-order valence-corrected chi connectivity index (χ2v) is 5.60. The van der Waals surface area contributed by atoms with Crippen molar-refractivity contribution in [1.82, 2.24) is 0 Å². The molecule has 0 bridgehead atoms. The number of nitro groups is 1. The molecule has 116 valence electrons. The molecule has 2 unspecified atom stereocenters. The van der Waals surface area contributed by atoms with Crippen molar-refractivity contribution < 1.29 is 9.72 Å². The van der Waals surface area contributed by atoms with Crippen molar-refractivity contribution >= 4 is 29.7 Å². The Morgan fingerprint density at radius 2 is 2.19 bits per heavy atom. The van der Waals surface area contributed by atoms with Gasteiger partial charge in [-0.2, -0.15) is 0 Å². The Bertz CT molecular complexity index is 534. The lowest BCUT2D eigenvalue weighted by Gasteiger charge is -2.37. The van der Waals surface area contributed by atoms with Crippen molar-refractivity contribution in [2.45, 2.75) is 38.1 Å².